The topological polar surface area (TPSA) is 58.9 Å². The van der Waals surface area contributed by atoms with Crippen LogP contribution in [0.15, 0.2) is 6.07 Å². The number of aromatic amines is 1. The van der Waals surface area contributed by atoms with Crippen LogP contribution in [0, 0.1) is 24.0 Å². The monoisotopic (exact) mass is 244 g/mol. The second-order valence-electron chi connectivity index (χ2n) is 5.13. The number of hydrogen-bond acceptors (Lipinski definition) is 2. The maximum atomic E-state index is 11.1. The lowest BCUT2D eigenvalue weighted by molar-refractivity contribution is -0.385. The van der Waals surface area contributed by atoms with Crippen molar-refractivity contribution in [3.05, 3.63) is 38.6 Å². The van der Waals surface area contributed by atoms with Crippen molar-refractivity contribution in [2.75, 3.05) is 0 Å². The zero-order valence-electron chi connectivity index (χ0n) is 10.7. The molecule has 0 aliphatic heterocycles. The third-order valence-electron chi connectivity index (χ3n) is 4.00. The molecule has 4 heteroatoms. The highest BCUT2D eigenvalue weighted by Gasteiger charge is 2.22. The Morgan fingerprint density at radius 2 is 2.00 bits per heavy atom. The first kappa shape index (κ1) is 11.3. The summed E-state index contributed by atoms with van der Waals surface area (Å²) in [5, 5.41) is 12.3. The molecule has 0 atom stereocenters. The number of nitro groups is 1. The van der Waals surface area contributed by atoms with E-state index in [0.717, 1.165) is 29.5 Å². The van der Waals surface area contributed by atoms with Crippen molar-refractivity contribution in [3.8, 4) is 0 Å². The summed E-state index contributed by atoms with van der Waals surface area (Å²) in [6, 6.07) is 1.71. The molecule has 0 saturated carbocycles. The summed E-state index contributed by atoms with van der Waals surface area (Å²) in [6.07, 6.45) is 4.58. The lowest BCUT2D eigenvalue weighted by atomic mass is 9.93. The van der Waals surface area contributed by atoms with Crippen LogP contribution in [-0.4, -0.2) is 9.91 Å². The molecule has 0 amide bonds. The van der Waals surface area contributed by atoms with Crippen LogP contribution in [0.2, 0.25) is 0 Å². The molecular formula is C14H16N2O2. The van der Waals surface area contributed by atoms with Gasteiger partial charge in [-0.15, -0.1) is 0 Å². The number of rotatable bonds is 1. The first-order valence-corrected chi connectivity index (χ1v) is 6.37. The van der Waals surface area contributed by atoms with Crippen molar-refractivity contribution >= 4 is 16.6 Å². The van der Waals surface area contributed by atoms with Gasteiger partial charge in [0.25, 0.3) is 5.69 Å². The molecule has 4 nitrogen and oxygen atoms in total. The maximum absolute atomic E-state index is 11.1. The molecule has 1 N–H and O–H groups in total. The molecule has 0 radical (unpaired) electrons. The summed E-state index contributed by atoms with van der Waals surface area (Å²) >= 11 is 0. The molecule has 1 aliphatic rings. The number of benzene rings is 1. The van der Waals surface area contributed by atoms with Crippen LogP contribution in [-0.2, 0) is 12.8 Å². The first-order valence-electron chi connectivity index (χ1n) is 6.37. The smallest absolute Gasteiger partial charge is 0.274 e. The van der Waals surface area contributed by atoms with Gasteiger partial charge >= 0.3 is 0 Å². The van der Waals surface area contributed by atoms with E-state index >= 15 is 0 Å². The summed E-state index contributed by atoms with van der Waals surface area (Å²) < 4.78 is 0. The second-order valence-corrected chi connectivity index (χ2v) is 5.13. The molecule has 94 valence electrons. The van der Waals surface area contributed by atoms with Gasteiger partial charge in [-0.3, -0.25) is 10.1 Å². The van der Waals surface area contributed by atoms with E-state index in [2.05, 4.69) is 4.98 Å². The van der Waals surface area contributed by atoms with Crippen molar-refractivity contribution < 1.29 is 4.92 Å². The molecule has 1 aromatic heterocycles. The SMILES string of the molecule is Cc1c([N+](=O)[O-])cc(C)c2c3c([nH]c12)CCCC3. The number of fused-ring (bicyclic) bond motifs is 3. The molecule has 0 fully saturated rings. The minimum absolute atomic E-state index is 0.221. The van der Waals surface area contributed by atoms with Gasteiger partial charge in [0.1, 0.15) is 0 Å². The Kier molecular flexibility index (Phi) is 2.40. The van der Waals surface area contributed by atoms with Gasteiger partial charge in [0.15, 0.2) is 0 Å². The van der Waals surface area contributed by atoms with Crippen molar-refractivity contribution in [1.29, 1.82) is 0 Å². The van der Waals surface area contributed by atoms with E-state index in [1.807, 2.05) is 13.8 Å². The fourth-order valence-electron chi connectivity index (χ4n) is 3.10. The van der Waals surface area contributed by atoms with Crippen molar-refractivity contribution in [2.24, 2.45) is 0 Å². The molecule has 0 spiro atoms. The Labute approximate surface area is 105 Å². The second kappa shape index (κ2) is 3.83. The van der Waals surface area contributed by atoms with Crippen LogP contribution in [0.5, 0.6) is 0 Å². The van der Waals surface area contributed by atoms with Gasteiger partial charge in [0, 0.05) is 17.1 Å². The number of hydrogen-bond donors (Lipinski definition) is 1. The van der Waals surface area contributed by atoms with E-state index in [9.17, 15) is 10.1 Å². The Balaban J connectivity index is 2.38. The van der Waals surface area contributed by atoms with Gasteiger partial charge in [-0.25, -0.2) is 0 Å². The van der Waals surface area contributed by atoms with Crippen molar-refractivity contribution in [2.45, 2.75) is 39.5 Å². The van der Waals surface area contributed by atoms with Crippen LogP contribution in [0.4, 0.5) is 5.69 Å². The highest BCUT2D eigenvalue weighted by molar-refractivity contribution is 5.93. The lowest BCUT2D eigenvalue weighted by Crippen LogP contribution is -2.00. The average Bonchev–Trinajstić information content (AvgIpc) is 2.73. The van der Waals surface area contributed by atoms with E-state index in [4.69, 9.17) is 0 Å². The summed E-state index contributed by atoms with van der Waals surface area (Å²) in [5.74, 6) is 0. The first-order chi connectivity index (χ1) is 8.59. The minimum atomic E-state index is -0.290. The van der Waals surface area contributed by atoms with Crippen molar-refractivity contribution in [3.63, 3.8) is 0 Å². The minimum Gasteiger partial charge on any atom is -0.358 e. The molecule has 2 aromatic rings. The van der Waals surface area contributed by atoms with Gasteiger partial charge in [-0.05, 0) is 50.7 Å². The lowest BCUT2D eigenvalue weighted by Gasteiger charge is -2.11. The van der Waals surface area contributed by atoms with E-state index in [1.54, 1.807) is 6.07 Å². The number of nitro benzene ring substituents is 1. The van der Waals surface area contributed by atoms with Crippen LogP contribution in [0.1, 0.15) is 35.2 Å². The largest absolute Gasteiger partial charge is 0.358 e. The quantitative estimate of drug-likeness (QED) is 0.615. The molecule has 1 aromatic carbocycles. The molecule has 0 saturated heterocycles. The highest BCUT2D eigenvalue weighted by atomic mass is 16.6. The molecular weight excluding hydrogens is 228 g/mol. The van der Waals surface area contributed by atoms with Crippen LogP contribution < -0.4 is 0 Å². The molecule has 1 aliphatic carbocycles. The number of aryl methyl sites for hydroxylation is 4. The zero-order valence-corrected chi connectivity index (χ0v) is 10.7. The van der Waals surface area contributed by atoms with E-state index in [1.165, 1.54) is 29.5 Å². The summed E-state index contributed by atoms with van der Waals surface area (Å²) in [5.41, 5.74) is 5.62. The molecule has 3 rings (SSSR count). The molecule has 0 unspecified atom stereocenters. The molecule has 18 heavy (non-hydrogen) atoms. The third-order valence-corrected chi connectivity index (χ3v) is 4.00. The Hall–Kier alpha value is -1.84. The average molecular weight is 244 g/mol. The predicted octanol–water partition coefficient (Wildman–Crippen LogP) is 3.57. The van der Waals surface area contributed by atoms with E-state index in [-0.39, 0.29) is 10.6 Å². The van der Waals surface area contributed by atoms with Crippen LogP contribution in [0.25, 0.3) is 10.9 Å². The van der Waals surface area contributed by atoms with Gasteiger partial charge < -0.3 is 4.98 Å². The van der Waals surface area contributed by atoms with Gasteiger partial charge in [0.2, 0.25) is 0 Å². The summed E-state index contributed by atoms with van der Waals surface area (Å²) in [7, 11) is 0. The number of nitrogens with zero attached hydrogens (tertiary/aromatic N) is 1. The molecule has 1 heterocycles. The number of H-pyrrole nitrogens is 1. The van der Waals surface area contributed by atoms with E-state index in [0.29, 0.717) is 0 Å². The number of aromatic nitrogens is 1. The maximum Gasteiger partial charge on any atom is 0.274 e. The Morgan fingerprint density at radius 1 is 1.28 bits per heavy atom. The Morgan fingerprint density at radius 3 is 2.72 bits per heavy atom. The summed E-state index contributed by atoms with van der Waals surface area (Å²) in [6.45, 7) is 3.80. The standard InChI is InChI=1S/C14H16N2O2/c1-8-7-12(16(17)18)9(2)14-13(8)10-5-3-4-6-11(10)15-14/h7,15H,3-6H2,1-2H3. The third kappa shape index (κ3) is 1.45. The normalized spacial score (nSPS) is 14.8. The Bertz CT molecular complexity index is 656. The fraction of sp³-hybridized carbons (Fsp3) is 0.429. The van der Waals surface area contributed by atoms with Gasteiger partial charge in [-0.1, -0.05) is 0 Å². The molecule has 0 bridgehead atoms. The highest BCUT2D eigenvalue weighted by Crippen LogP contribution is 2.36. The zero-order chi connectivity index (χ0) is 12.9. The van der Waals surface area contributed by atoms with Gasteiger partial charge in [-0.2, -0.15) is 0 Å². The number of nitrogens with one attached hydrogen (secondary N) is 1. The van der Waals surface area contributed by atoms with E-state index < -0.39 is 0 Å². The predicted molar refractivity (Wildman–Crippen MR) is 71.1 cm³/mol. The fourth-order valence-corrected chi connectivity index (χ4v) is 3.10. The van der Waals surface area contributed by atoms with Crippen LogP contribution >= 0.6 is 0 Å². The van der Waals surface area contributed by atoms with Crippen LogP contribution in [0.3, 0.4) is 0 Å². The van der Waals surface area contributed by atoms with Gasteiger partial charge in [0.05, 0.1) is 16.0 Å². The van der Waals surface area contributed by atoms with Crippen molar-refractivity contribution in [1.82, 2.24) is 4.98 Å². The summed E-state index contributed by atoms with van der Waals surface area (Å²) in [4.78, 5) is 14.2.